The van der Waals surface area contributed by atoms with Gasteiger partial charge in [0.1, 0.15) is 22.7 Å². The van der Waals surface area contributed by atoms with Gasteiger partial charge in [0, 0.05) is 42.2 Å². The van der Waals surface area contributed by atoms with Gasteiger partial charge in [-0.1, -0.05) is 59.9 Å². The summed E-state index contributed by atoms with van der Waals surface area (Å²) >= 11 is 1.78. The highest BCUT2D eigenvalue weighted by Gasteiger charge is 2.39. The first-order chi connectivity index (χ1) is 18.1. The van der Waals surface area contributed by atoms with E-state index in [-0.39, 0.29) is 0 Å². The second-order valence-corrected chi connectivity index (χ2v) is 11.3. The predicted octanol–water partition coefficient (Wildman–Crippen LogP) is 7.19. The van der Waals surface area contributed by atoms with Crippen molar-refractivity contribution in [1.82, 2.24) is 4.98 Å². The van der Waals surface area contributed by atoms with Gasteiger partial charge in [-0.25, -0.2) is 4.98 Å². The number of thiazole rings is 1. The molecule has 37 heavy (non-hydrogen) atoms. The average Bonchev–Trinajstić information content (AvgIpc) is 3.64. The van der Waals surface area contributed by atoms with Crippen LogP contribution in [-0.2, 0) is 12.8 Å². The highest BCUT2D eigenvalue weighted by atomic mass is 32.1. The lowest BCUT2D eigenvalue weighted by Gasteiger charge is -2.42. The smallest absolute Gasteiger partial charge is 0.186 e. The molecule has 5 nitrogen and oxygen atoms in total. The molecule has 0 atom stereocenters. The van der Waals surface area contributed by atoms with Crippen molar-refractivity contribution >= 4 is 48.6 Å². The second-order valence-electron chi connectivity index (χ2n) is 10.3. The van der Waals surface area contributed by atoms with Crippen LogP contribution in [0.4, 0.5) is 5.13 Å². The first kappa shape index (κ1) is 22.6. The number of piperidine rings is 1. The molecule has 186 valence electrons. The van der Waals surface area contributed by atoms with E-state index in [1.165, 1.54) is 4.70 Å². The molecule has 1 saturated heterocycles. The van der Waals surface area contributed by atoms with E-state index in [1.807, 2.05) is 36.4 Å². The largest absolute Gasteiger partial charge is 0.461 e. The molecule has 3 aromatic carbocycles. The van der Waals surface area contributed by atoms with Gasteiger partial charge >= 0.3 is 0 Å². The molecule has 0 aliphatic carbocycles. The molecule has 3 aromatic heterocycles. The molecule has 1 aliphatic heterocycles. The average molecular weight is 508 g/mol. The number of hydrogen-bond donors (Lipinski definition) is 1. The topological polar surface area (TPSA) is 68.4 Å². The molecule has 6 heteroatoms. The summed E-state index contributed by atoms with van der Waals surface area (Å²) < 4.78 is 13.7. The maximum atomic E-state index is 7.37. The highest BCUT2D eigenvalue weighted by Crippen LogP contribution is 2.37. The van der Waals surface area contributed by atoms with Crippen molar-refractivity contribution in [2.75, 3.05) is 18.0 Å². The van der Waals surface area contributed by atoms with Crippen molar-refractivity contribution in [3.63, 3.8) is 0 Å². The molecule has 2 N–H and O–H groups in total. The number of hydrogen-bond acceptors (Lipinski definition) is 6. The summed E-state index contributed by atoms with van der Waals surface area (Å²) in [6.07, 6.45) is 3.36. The molecule has 4 heterocycles. The number of benzene rings is 3. The van der Waals surface area contributed by atoms with Gasteiger partial charge in [0.25, 0.3) is 0 Å². The number of aromatic nitrogens is 1. The van der Waals surface area contributed by atoms with Crippen LogP contribution in [-0.4, -0.2) is 23.6 Å². The number of furan rings is 2. The molecule has 1 aliphatic rings. The zero-order valence-electron chi connectivity index (χ0n) is 20.6. The fourth-order valence-corrected chi connectivity index (χ4v) is 6.91. The van der Waals surface area contributed by atoms with Gasteiger partial charge in [0.05, 0.1) is 10.2 Å². The molecule has 0 unspecified atom stereocenters. The van der Waals surface area contributed by atoms with Gasteiger partial charge in [-0.15, -0.1) is 0 Å². The van der Waals surface area contributed by atoms with E-state index in [1.54, 1.807) is 11.3 Å². The Kier molecular flexibility index (Phi) is 5.52. The fraction of sp³-hybridized carbons (Fsp3) is 0.258. The minimum absolute atomic E-state index is 0.333. The zero-order chi connectivity index (χ0) is 24.8. The monoisotopic (exact) mass is 507 g/mol. The number of nitrogens with two attached hydrogens (primary N) is 1. The Morgan fingerprint density at radius 3 is 1.97 bits per heavy atom. The van der Waals surface area contributed by atoms with Crippen LogP contribution in [0.25, 0.3) is 32.2 Å². The maximum Gasteiger partial charge on any atom is 0.186 e. The summed E-state index contributed by atoms with van der Waals surface area (Å²) in [6.45, 7) is 1.90. The highest BCUT2D eigenvalue weighted by molar-refractivity contribution is 7.22. The Morgan fingerprint density at radius 1 is 0.811 bits per heavy atom. The van der Waals surface area contributed by atoms with E-state index >= 15 is 0 Å². The Bertz CT molecular complexity index is 1510. The van der Waals surface area contributed by atoms with Gasteiger partial charge in [0.2, 0.25) is 0 Å². The first-order valence-corrected chi connectivity index (χ1v) is 13.8. The van der Waals surface area contributed by atoms with Crippen molar-refractivity contribution in [2.24, 2.45) is 11.7 Å². The third-order valence-electron chi connectivity index (χ3n) is 7.82. The van der Waals surface area contributed by atoms with Crippen molar-refractivity contribution in [3.8, 4) is 0 Å². The number of nitrogens with zero attached hydrogens (tertiary/aromatic N) is 2. The molecule has 7 rings (SSSR count). The normalized spacial score (nSPS) is 15.3. The molecule has 0 bridgehead atoms. The molecular formula is C31H29N3O2S. The van der Waals surface area contributed by atoms with E-state index in [4.69, 9.17) is 19.6 Å². The Hall–Kier alpha value is -3.61. The van der Waals surface area contributed by atoms with Crippen LogP contribution < -0.4 is 10.6 Å². The Morgan fingerprint density at radius 2 is 1.38 bits per heavy atom. The Balaban J connectivity index is 1.16. The van der Waals surface area contributed by atoms with E-state index in [2.05, 4.69) is 53.4 Å². The molecule has 0 radical (unpaired) electrons. The van der Waals surface area contributed by atoms with E-state index in [0.29, 0.717) is 18.8 Å². The van der Waals surface area contributed by atoms with Crippen LogP contribution in [0.2, 0.25) is 0 Å². The van der Waals surface area contributed by atoms with Crippen LogP contribution in [0.1, 0.15) is 24.4 Å². The third-order valence-corrected chi connectivity index (χ3v) is 8.92. The van der Waals surface area contributed by atoms with Crippen LogP contribution in [0.3, 0.4) is 0 Å². The van der Waals surface area contributed by atoms with Crippen molar-refractivity contribution in [3.05, 3.63) is 96.4 Å². The zero-order valence-corrected chi connectivity index (χ0v) is 21.4. The van der Waals surface area contributed by atoms with Crippen LogP contribution >= 0.6 is 11.3 Å². The minimum Gasteiger partial charge on any atom is -0.461 e. The van der Waals surface area contributed by atoms with Gasteiger partial charge < -0.3 is 19.5 Å². The van der Waals surface area contributed by atoms with Gasteiger partial charge in [-0.05, 0) is 55.2 Å². The molecule has 6 aromatic rings. The molecular weight excluding hydrogens is 478 g/mol. The molecule has 0 amide bonds. The summed E-state index contributed by atoms with van der Waals surface area (Å²) in [6, 6.07) is 29.0. The minimum atomic E-state index is -0.485. The summed E-state index contributed by atoms with van der Waals surface area (Å²) in [5, 5.41) is 3.35. The SMILES string of the molecule is NC(Cc1cc2ccccc2o1)(Cc1cc2ccccc2o1)C1CCN(c2nc3ccccc3s2)CC1. The predicted molar refractivity (Wildman–Crippen MR) is 151 cm³/mol. The van der Waals surface area contributed by atoms with Gasteiger partial charge in [-0.2, -0.15) is 0 Å². The molecule has 0 spiro atoms. The summed E-state index contributed by atoms with van der Waals surface area (Å²) in [4.78, 5) is 7.31. The van der Waals surface area contributed by atoms with Crippen LogP contribution in [0.5, 0.6) is 0 Å². The number of rotatable bonds is 6. The quantitative estimate of drug-likeness (QED) is 0.258. The lowest BCUT2D eigenvalue weighted by atomic mass is 9.73. The van der Waals surface area contributed by atoms with E-state index in [9.17, 15) is 0 Å². The van der Waals surface area contributed by atoms with Crippen molar-refractivity contribution in [2.45, 2.75) is 31.2 Å². The Labute approximate surface area is 219 Å². The summed E-state index contributed by atoms with van der Waals surface area (Å²) in [7, 11) is 0. The fourth-order valence-electron chi connectivity index (χ4n) is 5.89. The summed E-state index contributed by atoms with van der Waals surface area (Å²) in [5.41, 5.74) is 9.79. The lowest BCUT2D eigenvalue weighted by molar-refractivity contribution is 0.204. The molecule has 1 fully saturated rings. The maximum absolute atomic E-state index is 7.37. The number of fused-ring (bicyclic) bond motifs is 3. The van der Waals surface area contributed by atoms with E-state index in [0.717, 1.165) is 70.0 Å². The van der Waals surface area contributed by atoms with Crippen LogP contribution in [0, 0.1) is 5.92 Å². The number of anilines is 1. The molecule has 0 saturated carbocycles. The van der Waals surface area contributed by atoms with Crippen molar-refractivity contribution in [1.29, 1.82) is 0 Å². The first-order valence-electron chi connectivity index (χ1n) is 13.0. The standard InChI is InChI=1S/C31H29N3O2S/c32-31(19-24-17-21-7-1-4-10-27(21)35-24,20-25-18-22-8-2-5-11-28(22)36-25)23-13-15-34(16-14-23)30-33-26-9-3-6-12-29(26)37-30/h1-12,17-18,23H,13-16,19-20,32H2. The van der Waals surface area contributed by atoms with Crippen molar-refractivity contribution < 1.29 is 8.83 Å². The number of para-hydroxylation sites is 3. The summed E-state index contributed by atoms with van der Waals surface area (Å²) in [5.74, 6) is 2.21. The van der Waals surface area contributed by atoms with Crippen LogP contribution in [0.15, 0.2) is 93.8 Å². The third kappa shape index (κ3) is 4.30. The van der Waals surface area contributed by atoms with Gasteiger partial charge in [0.15, 0.2) is 5.13 Å². The lowest BCUT2D eigenvalue weighted by Crippen LogP contribution is -2.54. The second kappa shape index (κ2) is 9.05. The van der Waals surface area contributed by atoms with E-state index < -0.39 is 5.54 Å². The van der Waals surface area contributed by atoms with Gasteiger partial charge in [-0.3, -0.25) is 0 Å².